The SMILES string of the molecule is COC(=O)c1ccc(CNCC2(C(C)C)CC2)nc1. The predicted octanol–water partition coefficient (Wildman–Crippen LogP) is 2.39. The molecule has 1 aromatic heterocycles. The van der Waals surface area contributed by atoms with E-state index in [-0.39, 0.29) is 5.97 Å². The van der Waals surface area contributed by atoms with Crippen LogP contribution in [0.5, 0.6) is 0 Å². The summed E-state index contributed by atoms with van der Waals surface area (Å²) in [5, 5.41) is 3.47. The van der Waals surface area contributed by atoms with Gasteiger partial charge in [-0.1, -0.05) is 13.8 Å². The Kier molecular flexibility index (Phi) is 4.20. The average Bonchev–Trinajstić information content (AvgIpc) is 3.20. The maximum absolute atomic E-state index is 11.3. The molecule has 0 bridgehead atoms. The Bertz CT molecular complexity index is 436. The van der Waals surface area contributed by atoms with Crippen molar-refractivity contribution in [2.45, 2.75) is 33.2 Å². The van der Waals surface area contributed by atoms with E-state index in [2.05, 4.69) is 28.9 Å². The predicted molar refractivity (Wildman–Crippen MR) is 73.8 cm³/mol. The van der Waals surface area contributed by atoms with Crippen molar-refractivity contribution in [3.8, 4) is 0 Å². The van der Waals surface area contributed by atoms with Gasteiger partial charge in [-0.25, -0.2) is 4.79 Å². The molecule has 1 N–H and O–H groups in total. The van der Waals surface area contributed by atoms with E-state index in [1.54, 1.807) is 12.3 Å². The third-order valence-corrected chi connectivity index (χ3v) is 4.15. The molecular weight excluding hydrogens is 240 g/mol. The zero-order valence-electron chi connectivity index (χ0n) is 11.9. The summed E-state index contributed by atoms with van der Waals surface area (Å²) >= 11 is 0. The number of esters is 1. The summed E-state index contributed by atoms with van der Waals surface area (Å²) < 4.78 is 4.64. The lowest BCUT2D eigenvalue weighted by atomic mass is 9.92. The number of carbonyl (C=O) groups is 1. The van der Waals surface area contributed by atoms with Crippen LogP contribution in [0.3, 0.4) is 0 Å². The van der Waals surface area contributed by atoms with Gasteiger partial charge in [0, 0.05) is 19.3 Å². The highest BCUT2D eigenvalue weighted by Crippen LogP contribution is 2.51. The number of nitrogens with zero attached hydrogens (tertiary/aromatic N) is 1. The zero-order valence-corrected chi connectivity index (χ0v) is 11.9. The first-order valence-corrected chi connectivity index (χ1v) is 6.81. The van der Waals surface area contributed by atoms with E-state index < -0.39 is 0 Å². The standard InChI is InChI=1S/C15H22N2O2/c1-11(2)15(6-7-15)10-16-9-13-5-4-12(8-17-13)14(18)19-3/h4-5,8,11,16H,6-7,9-10H2,1-3H3. The van der Waals surface area contributed by atoms with Crippen molar-refractivity contribution < 1.29 is 9.53 Å². The van der Waals surface area contributed by atoms with Gasteiger partial charge < -0.3 is 10.1 Å². The zero-order chi connectivity index (χ0) is 13.9. The fraction of sp³-hybridized carbons (Fsp3) is 0.600. The fourth-order valence-corrected chi connectivity index (χ4v) is 2.33. The van der Waals surface area contributed by atoms with Crippen molar-refractivity contribution in [2.75, 3.05) is 13.7 Å². The second-order valence-corrected chi connectivity index (χ2v) is 5.65. The molecule has 0 saturated heterocycles. The largest absolute Gasteiger partial charge is 0.465 e. The average molecular weight is 262 g/mol. The number of nitrogens with one attached hydrogen (secondary N) is 1. The van der Waals surface area contributed by atoms with E-state index >= 15 is 0 Å². The van der Waals surface area contributed by atoms with Gasteiger partial charge >= 0.3 is 5.97 Å². The van der Waals surface area contributed by atoms with Gasteiger partial charge in [0.1, 0.15) is 0 Å². The highest BCUT2D eigenvalue weighted by Gasteiger charge is 2.44. The minimum absolute atomic E-state index is 0.344. The molecule has 1 aromatic rings. The van der Waals surface area contributed by atoms with Gasteiger partial charge in [-0.15, -0.1) is 0 Å². The second kappa shape index (κ2) is 5.70. The molecule has 19 heavy (non-hydrogen) atoms. The van der Waals surface area contributed by atoms with Crippen LogP contribution in [0, 0.1) is 11.3 Å². The molecule has 2 rings (SSSR count). The van der Waals surface area contributed by atoms with Crippen molar-refractivity contribution >= 4 is 5.97 Å². The van der Waals surface area contributed by atoms with E-state index in [0.717, 1.165) is 24.7 Å². The first kappa shape index (κ1) is 14.0. The molecule has 1 saturated carbocycles. The molecule has 4 heteroatoms. The van der Waals surface area contributed by atoms with Gasteiger partial charge in [0.05, 0.1) is 18.4 Å². The molecule has 1 aliphatic carbocycles. The van der Waals surface area contributed by atoms with Crippen LogP contribution in [0.2, 0.25) is 0 Å². The van der Waals surface area contributed by atoms with Crippen LogP contribution in [0.1, 0.15) is 42.7 Å². The molecule has 0 spiro atoms. The highest BCUT2D eigenvalue weighted by atomic mass is 16.5. The van der Waals surface area contributed by atoms with E-state index in [0.29, 0.717) is 11.0 Å². The molecule has 0 atom stereocenters. The molecular formula is C15H22N2O2. The molecule has 0 aromatic carbocycles. The number of rotatable bonds is 6. The lowest BCUT2D eigenvalue weighted by Crippen LogP contribution is -2.27. The summed E-state index contributed by atoms with van der Waals surface area (Å²) in [5.41, 5.74) is 1.95. The first-order valence-electron chi connectivity index (χ1n) is 6.81. The normalized spacial score (nSPS) is 16.4. The number of ether oxygens (including phenoxy) is 1. The van der Waals surface area contributed by atoms with Crippen LogP contribution >= 0.6 is 0 Å². The Labute approximate surface area is 114 Å². The summed E-state index contributed by atoms with van der Waals surface area (Å²) in [6, 6.07) is 3.62. The summed E-state index contributed by atoms with van der Waals surface area (Å²) in [5.74, 6) is 0.387. The molecule has 0 aliphatic heterocycles. The minimum atomic E-state index is -0.344. The topological polar surface area (TPSA) is 51.2 Å². The van der Waals surface area contributed by atoms with Gasteiger partial charge in [0.2, 0.25) is 0 Å². The van der Waals surface area contributed by atoms with Crippen molar-refractivity contribution in [3.63, 3.8) is 0 Å². The van der Waals surface area contributed by atoms with Crippen LogP contribution < -0.4 is 5.32 Å². The second-order valence-electron chi connectivity index (χ2n) is 5.65. The van der Waals surface area contributed by atoms with Crippen LogP contribution in [-0.4, -0.2) is 24.6 Å². The van der Waals surface area contributed by atoms with Gasteiger partial charge in [-0.05, 0) is 36.3 Å². The number of pyridine rings is 1. The van der Waals surface area contributed by atoms with E-state index in [1.807, 2.05) is 6.07 Å². The van der Waals surface area contributed by atoms with Crippen LogP contribution in [-0.2, 0) is 11.3 Å². The van der Waals surface area contributed by atoms with Crippen LogP contribution in [0.15, 0.2) is 18.3 Å². The summed E-state index contributed by atoms with van der Waals surface area (Å²) in [4.78, 5) is 15.5. The Hall–Kier alpha value is -1.42. The van der Waals surface area contributed by atoms with Crippen molar-refractivity contribution in [1.29, 1.82) is 0 Å². The molecule has 4 nitrogen and oxygen atoms in total. The van der Waals surface area contributed by atoms with Gasteiger partial charge in [0.15, 0.2) is 0 Å². The van der Waals surface area contributed by atoms with Crippen LogP contribution in [0.25, 0.3) is 0 Å². The molecule has 1 heterocycles. The Morgan fingerprint density at radius 2 is 2.21 bits per heavy atom. The number of methoxy groups -OCH3 is 1. The van der Waals surface area contributed by atoms with Gasteiger partial charge in [-0.3, -0.25) is 4.98 Å². The Balaban J connectivity index is 1.82. The molecule has 0 radical (unpaired) electrons. The smallest absolute Gasteiger partial charge is 0.339 e. The highest BCUT2D eigenvalue weighted by molar-refractivity contribution is 5.88. The Morgan fingerprint density at radius 3 is 2.68 bits per heavy atom. The molecule has 1 aliphatic rings. The number of carbonyl (C=O) groups excluding carboxylic acids is 1. The quantitative estimate of drug-likeness (QED) is 0.800. The first-order chi connectivity index (χ1) is 9.07. The van der Waals surface area contributed by atoms with Gasteiger partial charge in [-0.2, -0.15) is 0 Å². The number of aromatic nitrogens is 1. The van der Waals surface area contributed by atoms with E-state index in [4.69, 9.17) is 0 Å². The van der Waals surface area contributed by atoms with Crippen molar-refractivity contribution in [3.05, 3.63) is 29.6 Å². The summed E-state index contributed by atoms with van der Waals surface area (Å²) in [7, 11) is 1.37. The molecule has 0 unspecified atom stereocenters. The fourth-order valence-electron chi connectivity index (χ4n) is 2.33. The molecule has 104 valence electrons. The monoisotopic (exact) mass is 262 g/mol. The third-order valence-electron chi connectivity index (χ3n) is 4.15. The minimum Gasteiger partial charge on any atom is -0.465 e. The Morgan fingerprint density at radius 1 is 1.47 bits per heavy atom. The summed E-state index contributed by atoms with van der Waals surface area (Å²) in [6.45, 7) is 6.37. The lowest BCUT2D eigenvalue weighted by molar-refractivity contribution is 0.0600. The maximum atomic E-state index is 11.3. The van der Waals surface area contributed by atoms with Crippen molar-refractivity contribution in [1.82, 2.24) is 10.3 Å². The third kappa shape index (κ3) is 3.32. The van der Waals surface area contributed by atoms with E-state index in [1.165, 1.54) is 20.0 Å². The molecule has 0 amide bonds. The number of hydrogen-bond donors (Lipinski definition) is 1. The summed E-state index contributed by atoms with van der Waals surface area (Å²) in [6.07, 6.45) is 4.22. The van der Waals surface area contributed by atoms with E-state index in [9.17, 15) is 4.79 Å². The van der Waals surface area contributed by atoms with Gasteiger partial charge in [0.25, 0.3) is 0 Å². The lowest BCUT2D eigenvalue weighted by Gasteiger charge is -2.19. The number of hydrogen-bond acceptors (Lipinski definition) is 4. The maximum Gasteiger partial charge on any atom is 0.339 e. The van der Waals surface area contributed by atoms with Crippen molar-refractivity contribution in [2.24, 2.45) is 11.3 Å². The molecule has 1 fully saturated rings. The van der Waals surface area contributed by atoms with Crippen LogP contribution in [0.4, 0.5) is 0 Å².